The highest BCUT2D eigenvalue weighted by molar-refractivity contribution is 7.86. The van der Waals surface area contributed by atoms with Crippen LogP contribution in [0.25, 0.3) is 0 Å². The third kappa shape index (κ3) is 2.61. The molecule has 0 rings (SSSR count). The van der Waals surface area contributed by atoms with Gasteiger partial charge in [-0.1, -0.05) is 0 Å². The van der Waals surface area contributed by atoms with Gasteiger partial charge in [-0.05, 0) is 14.1 Å². The predicted molar refractivity (Wildman–Crippen MR) is 36.1 cm³/mol. The van der Waals surface area contributed by atoms with E-state index in [0.29, 0.717) is 0 Å². The van der Waals surface area contributed by atoms with E-state index in [0.717, 1.165) is 0 Å². The average Bonchev–Trinajstić information content (AvgIpc) is 1.60. The smallest absolute Gasteiger partial charge is 0.283 e. The number of hydrogen-bond donors (Lipinski definition) is 2. The molecule has 0 amide bonds. The first kappa shape index (κ1) is 9.83. The Balaban J connectivity index is 4.38. The summed E-state index contributed by atoms with van der Waals surface area (Å²) < 4.78 is 29.1. The Morgan fingerprint density at radius 3 is 1.90 bits per heavy atom. The highest BCUT2D eigenvalue weighted by atomic mass is 32.2. The Morgan fingerprint density at radius 2 is 1.90 bits per heavy atom. The van der Waals surface area contributed by atoms with Crippen LogP contribution in [0.5, 0.6) is 0 Å². The molecule has 1 atom stereocenters. The van der Waals surface area contributed by atoms with Gasteiger partial charge in [-0.2, -0.15) is 8.42 Å². The second kappa shape index (κ2) is 3.29. The molecule has 0 fully saturated rings. The van der Waals surface area contributed by atoms with E-state index in [1.165, 1.54) is 19.0 Å². The van der Waals surface area contributed by atoms with Gasteiger partial charge in [-0.15, -0.1) is 0 Å². The van der Waals surface area contributed by atoms with Crippen LogP contribution in [-0.4, -0.2) is 49.1 Å². The third-order valence-corrected chi connectivity index (χ3v) is 2.33. The monoisotopic (exact) mass is 169 g/mol. The maximum Gasteiger partial charge on any atom is 0.283 e. The summed E-state index contributed by atoms with van der Waals surface area (Å²) in [6, 6.07) is 0. The standard InChI is InChI=1S/C4H11NO4S/c1-5(2)4(3-6)10(7,8)9/h4,6H,3H2,1-2H3,(H,7,8,9). The van der Waals surface area contributed by atoms with Gasteiger partial charge in [0.25, 0.3) is 10.1 Å². The van der Waals surface area contributed by atoms with Crippen molar-refractivity contribution in [2.75, 3.05) is 20.7 Å². The van der Waals surface area contributed by atoms with Crippen molar-refractivity contribution in [3.05, 3.63) is 0 Å². The second-order valence-corrected chi connectivity index (χ2v) is 3.69. The lowest BCUT2D eigenvalue weighted by Crippen LogP contribution is -2.38. The Morgan fingerprint density at radius 1 is 1.50 bits per heavy atom. The minimum Gasteiger partial charge on any atom is -0.394 e. The fraction of sp³-hybridized carbons (Fsp3) is 1.00. The van der Waals surface area contributed by atoms with Crippen LogP contribution in [0.15, 0.2) is 0 Å². The van der Waals surface area contributed by atoms with Gasteiger partial charge in [0.05, 0.1) is 6.61 Å². The fourth-order valence-electron chi connectivity index (χ4n) is 0.524. The molecule has 0 aliphatic carbocycles. The summed E-state index contributed by atoms with van der Waals surface area (Å²) >= 11 is 0. The Hall–Kier alpha value is -0.170. The van der Waals surface area contributed by atoms with Crippen LogP contribution in [0.4, 0.5) is 0 Å². The lowest BCUT2D eigenvalue weighted by Gasteiger charge is -2.17. The van der Waals surface area contributed by atoms with Crippen LogP contribution in [-0.2, 0) is 10.1 Å². The van der Waals surface area contributed by atoms with Crippen molar-refractivity contribution in [2.45, 2.75) is 5.37 Å². The number of aliphatic hydroxyl groups is 1. The van der Waals surface area contributed by atoms with Crippen molar-refractivity contribution < 1.29 is 18.1 Å². The fourth-order valence-corrected chi connectivity index (χ4v) is 1.25. The van der Waals surface area contributed by atoms with E-state index < -0.39 is 22.1 Å². The van der Waals surface area contributed by atoms with Gasteiger partial charge in [-0.25, -0.2) is 0 Å². The number of aliphatic hydroxyl groups excluding tert-OH is 1. The Bertz CT molecular complexity index is 185. The molecule has 0 saturated carbocycles. The summed E-state index contributed by atoms with van der Waals surface area (Å²) in [7, 11) is -1.23. The van der Waals surface area contributed by atoms with Crippen molar-refractivity contribution >= 4 is 10.1 Å². The minimum atomic E-state index is -4.14. The molecular formula is C4H11NO4S. The molecule has 62 valence electrons. The predicted octanol–water partition coefficient (Wildman–Crippen LogP) is -1.25. The molecule has 0 saturated heterocycles. The van der Waals surface area contributed by atoms with Crippen LogP contribution < -0.4 is 0 Å². The van der Waals surface area contributed by atoms with E-state index in [4.69, 9.17) is 9.66 Å². The summed E-state index contributed by atoms with van der Waals surface area (Å²) in [4.78, 5) is 1.22. The van der Waals surface area contributed by atoms with Crippen LogP contribution in [0.3, 0.4) is 0 Å². The molecule has 0 aromatic rings. The maximum atomic E-state index is 10.4. The van der Waals surface area contributed by atoms with E-state index in [9.17, 15) is 8.42 Å². The van der Waals surface area contributed by atoms with Gasteiger partial charge in [0.15, 0.2) is 5.37 Å². The van der Waals surface area contributed by atoms with E-state index in [1.54, 1.807) is 0 Å². The summed E-state index contributed by atoms with van der Waals surface area (Å²) in [6.45, 7) is -0.605. The normalized spacial score (nSPS) is 15.7. The van der Waals surface area contributed by atoms with Crippen LogP contribution >= 0.6 is 0 Å². The third-order valence-electron chi connectivity index (χ3n) is 1.08. The highest BCUT2D eigenvalue weighted by Gasteiger charge is 2.23. The van der Waals surface area contributed by atoms with Crippen molar-refractivity contribution in [1.82, 2.24) is 4.90 Å². The molecule has 1 unspecified atom stereocenters. The molecular weight excluding hydrogens is 158 g/mol. The molecule has 0 bridgehead atoms. The average molecular weight is 169 g/mol. The molecule has 2 N–H and O–H groups in total. The van der Waals surface area contributed by atoms with E-state index in [2.05, 4.69) is 0 Å². The molecule has 0 aliphatic heterocycles. The van der Waals surface area contributed by atoms with Crippen molar-refractivity contribution in [3.8, 4) is 0 Å². The zero-order chi connectivity index (χ0) is 8.36. The van der Waals surface area contributed by atoms with Crippen LogP contribution in [0.1, 0.15) is 0 Å². The molecule has 0 radical (unpaired) electrons. The van der Waals surface area contributed by atoms with Crippen molar-refractivity contribution in [1.29, 1.82) is 0 Å². The molecule has 0 aromatic heterocycles. The van der Waals surface area contributed by atoms with Crippen LogP contribution in [0.2, 0.25) is 0 Å². The van der Waals surface area contributed by atoms with Gasteiger partial charge in [0, 0.05) is 0 Å². The van der Waals surface area contributed by atoms with Gasteiger partial charge in [0.1, 0.15) is 0 Å². The molecule has 10 heavy (non-hydrogen) atoms. The lowest BCUT2D eigenvalue weighted by molar-refractivity contribution is 0.208. The highest BCUT2D eigenvalue weighted by Crippen LogP contribution is 1.99. The SMILES string of the molecule is CN(C)C(CO)S(=O)(=O)O. The molecule has 0 aromatic carbocycles. The molecule has 0 aliphatic rings. The Kier molecular flexibility index (Phi) is 3.23. The van der Waals surface area contributed by atoms with Crippen molar-refractivity contribution in [3.63, 3.8) is 0 Å². The largest absolute Gasteiger partial charge is 0.394 e. The Labute approximate surface area is 60.0 Å². The van der Waals surface area contributed by atoms with Gasteiger partial charge < -0.3 is 5.11 Å². The number of hydrogen-bond acceptors (Lipinski definition) is 4. The molecule has 0 heterocycles. The summed E-state index contributed by atoms with van der Waals surface area (Å²) in [5.74, 6) is 0. The molecule has 5 nitrogen and oxygen atoms in total. The first-order chi connectivity index (χ1) is 4.39. The number of nitrogens with zero attached hydrogens (tertiary/aromatic N) is 1. The van der Waals surface area contributed by atoms with Gasteiger partial charge in [-0.3, -0.25) is 9.45 Å². The number of rotatable bonds is 3. The van der Waals surface area contributed by atoms with E-state index in [1.807, 2.05) is 0 Å². The van der Waals surface area contributed by atoms with Crippen LogP contribution in [0, 0.1) is 0 Å². The minimum absolute atomic E-state index is 0.605. The zero-order valence-corrected chi connectivity index (χ0v) is 6.67. The summed E-state index contributed by atoms with van der Waals surface area (Å²) in [5, 5.41) is 7.24. The van der Waals surface area contributed by atoms with Crippen molar-refractivity contribution in [2.24, 2.45) is 0 Å². The topological polar surface area (TPSA) is 77.8 Å². The second-order valence-electron chi connectivity index (χ2n) is 2.12. The summed E-state index contributed by atoms with van der Waals surface area (Å²) in [6.07, 6.45) is 0. The molecule has 0 spiro atoms. The van der Waals surface area contributed by atoms with Gasteiger partial charge >= 0.3 is 0 Å². The summed E-state index contributed by atoms with van der Waals surface area (Å²) in [5.41, 5.74) is 0. The van der Waals surface area contributed by atoms with E-state index >= 15 is 0 Å². The number of likely N-dealkylation sites (N-methyl/N-ethyl adjacent to an activating group) is 1. The first-order valence-electron chi connectivity index (χ1n) is 2.63. The quantitative estimate of drug-likeness (QED) is 0.516. The lowest BCUT2D eigenvalue weighted by atomic mass is 10.6. The first-order valence-corrected chi connectivity index (χ1v) is 4.13. The maximum absolute atomic E-state index is 10.4. The zero-order valence-electron chi connectivity index (χ0n) is 5.85. The molecule has 6 heteroatoms. The van der Waals surface area contributed by atoms with Gasteiger partial charge in [0.2, 0.25) is 0 Å². The van der Waals surface area contributed by atoms with E-state index in [-0.39, 0.29) is 0 Å².